The maximum atomic E-state index is 11.2. The fourth-order valence-corrected chi connectivity index (χ4v) is 3.08. The van der Waals surface area contributed by atoms with Gasteiger partial charge < -0.3 is 5.73 Å². The number of rotatable bonds is 4. The molecule has 0 aliphatic carbocycles. The largest absolute Gasteiger partial charge is 0.330 e. The van der Waals surface area contributed by atoms with Crippen LogP contribution in [-0.4, -0.2) is 29.0 Å². The lowest BCUT2D eigenvalue weighted by Crippen LogP contribution is -2.43. The van der Waals surface area contributed by atoms with Crippen molar-refractivity contribution in [2.24, 2.45) is 11.7 Å². The third kappa shape index (κ3) is 3.56. The lowest BCUT2D eigenvalue weighted by atomic mass is 9.93. The van der Waals surface area contributed by atoms with Gasteiger partial charge in [-0.2, -0.15) is 0 Å². The van der Waals surface area contributed by atoms with Crippen LogP contribution in [0.1, 0.15) is 25.3 Å². The first-order valence-corrected chi connectivity index (χ1v) is 7.67. The quantitative estimate of drug-likeness (QED) is 0.675. The minimum Gasteiger partial charge on any atom is -0.330 e. The number of nitrogens with two attached hydrogens (primary N) is 1. The highest BCUT2D eigenvalue weighted by Crippen LogP contribution is 2.28. The molecule has 1 aromatic carbocycles. The zero-order chi connectivity index (χ0) is 14.7. The highest BCUT2D eigenvalue weighted by atomic mass is 79.9. The number of nitro benzene ring substituents is 1. The molecule has 0 saturated carbocycles. The summed E-state index contributed by atoms with van der Waals surface area (Å²) >= 11 is 3.29. The van der Waals surface area contributed by atoms with Gasteiger partial charge in [-0.1, -0.05) is 15.9 Å². The van der Waals surface area contributed by atoms with E-state index in [9.17, 15) is 10.1 Å². The first-order valence-electron chi connectivity index (χ1n) is 6.88. The Hall–Kier alpha value is -0.980. The van der Waals surface area contributed by atoms with Crippen LogP contribution < -0.4 is 5.73 Å². The molecule has 1 saturated heterocycles. The number of benzene rings is 1. The Morgan fingerprint density at radius 1 is 1.50 bits per heavy atom. The van der Waals surface area contributed by atoms with Crippen LogP contribution in [0, 0.1) is 16.0 Å². The van der Waals surface area contributed by atoms with Crippen LogP contribution in [0.3, 0.4) is 0 Å². The van der Waals surface area contributed by atoms with Crippen molar-refractivity contribution >= 4 is 21.6 Å². The third-order valence-electron chi connectivity index (χ3n) is 4.06. The molecule has 1 aliphatic heterocycles. The van der Waals surface area contributed by atoms with Gasteiger partial charge in [-0.15, -0.1) is 0 Å². The van der Waals surface area contributed by atoms with Gasteiger partial charge in [0.2, 0.25) is 0 Å². The topological polar surface area (TPSA) is 72.4 Å². The van der Waals surface area contributed by atoms with Crippen molar-refractivity contribution in [1.82, 2.24) is 4.90 Å². The summed E-state index contributed by atoms with van der Waals surface area (Å²) in [5.74, 6) is 0.501. The van der Waals surface area contributed by atoms with E-state index >= 15 is 0 Å². The predicted octanol–water partition coefficient (Wildman–Crippen LogP) is 2.92. The lowest BCUT2D eigenvalue weighted by Gasteiger charge is -2.37. The highest BCUT2D eigenvalue weighted by Gasteiger charge is 2.26. The molecule has 1 aliphatic rings. The first-order chi connectivity index (χ1) is 9.51. The molecular formula is C14H20BrN3O2. The summed E-state index contributed by atoms with van der Waals surface area (Å²) in [7, 11) is 0. The number of hydrogen-bond donors (Lipinski definition) is 1. The molecule has 0 radical (unpaired) electrons. The van der Waals surface area contributed by atoms with Gasteiger partial charge in [0.05, 0.1) is 4.92 Å². The summed E-state index contributed by atoms with van der Waals surface area (Å²) in [5, 5.41) is 11.2. The van der Waals surface area contributed by atoms with E-state index in [1.807, 2.05) is 12.1 Å². The standard InChI is InChI=1S/C14H20BrN3O2/c1-10-2-3-11(7-16)8-17(10)9-12-4-5-13(15)6-14(12)18(19)20/h4-6,10-11H,2-3,7-9,16H2,1H3. The van der Waals surface area contributed by atoms with Crippen LogP contribution in [0.5, 0.6) is 0 Å². The van der Waals surface area contributed by atoms with Gasteiger partial charge in [0, 0.05) is 35.2 Å². The van der Waals surface area contributed by atoms with Crippen molar-refractivity contribution in [2.75, 3.05) is 13.1 Å². The van der Waals surface area contributed by atoms with E-state index < -0.39 is 0 Å². The SMILES string of the molecule is CC1CCC(CN)CN1Cc1ccc(Br)cc1[N+](=O)[O-]. The van der Waals surface area contributed by atoms with Crippen molar-refractivity contribution in [3.63, 3.8) is 0 Å². The van der Waals surface area contributed by atoms with E-state index in [1.54, 1.807) is 6.07 Å². The maximum absolute atomic E-state index is 11.2. The van der Waals surface area contributed by atoms with Crippen LogP contribution >= 0.6 is 15.9 Å². The zero-order valence-electron chi connectivity index (χ0n) is 11.6. The van der Waals surface area contributed by atoms with E-state index in [4.69, 9.17) is 5.73 Å². The molecule has 0 amide bonds. The normalized spacial score (nSPS) is 23.8. The van der Waals surface area contributed by atoms with Gasteiger partial charge >= 0.3 is 0 Å². The summed E-state index contributed by atoms with van der Waals surface area (Å²) in [6.07, 6.45) is 2.25. The van der Waals surface area contributed by atoms with Gasteiger partial charge in [0.1, 0.15) is 0 Å². The Labute approximate surface area is 127 Å². The molecule has 6 heteroatoms. The molecule has 1 heterocycles. The summed E-state index contributed by atoms with van der Waals surface area (Å²) < 4.78 is 0.736. The van der Waals surface area contributed by atoms with E-state index in [-0.39, 0.29) is 10.6 Å². The predicted molar refractivity (Wildman–Crippen MR) is 82.4 cm³/mol. The Balaban J connectivity index is 2.18. The number of likely N-dealkylation sites (tertiary alicyclic amines) is 1. The average molecular weight is 342 g/mol. The van der Waals surface area contributed by atoms with Crippen molar-refractivity contribution in [1.29, 1.82) is 0 Å². The summed E-state index contributed by atoms with van der Waals surface area (Å²) in [6, 6.07) is 5.71. The molecule has 20 heavy (non-hydrogen) atoms. The number of nitro groups is 1. The Kier molecular flexibility index (Phi) is 5.12. The summed E-state index contributed by atoms with van der Waals surface area (Å²) in [6.45, 7) is 4.40. The second-order valence-electron chi connectivity index (χ2n) is 5.49. The second-order valence-corrected chi connectivity index (χ2v) is 6.40. The average Bonchev–Trinajstić information content (AvgIpc) is 2.42. The van der Waals surface area contributed by atoms with E-state index in [2.05, 4.69) is 27.8 Å². The smallest absolute Gasteiger partial charge is 0.275 e. The molecule has 2 rings (SSSR count). The fraction of sp³-hybridized carbons (Fsp3) is 0.571. The minimum atomic E-state index is -0.310. The van der Waals surface area contributed by atoms with Crippen LogP contribution in [-0.2, 0) is 6.54 Å². The maximum Gasteiger partial charge on any atom is 0.275 e. The number of nitrogens with zero attached hydrogens (tertiary/aromatic N) is 2. The molecule has 1 fully saturated rings. The molecule has 0 bridgehead atoms. The Morgan fingerprint density at radius 3 is 2.90 bits per heavy atom. The van der Waals surface area contributed by atoms with E-state index in [0.717, 1.165) is 29.4 Å². The highest BCUT2D eigenvalue weighted by molar-refractivity contribution is 9.10. The third-order valence-corrected chi connectivity index (χ3v) is 4.55. The Bertz CT molecular complexity index is 495. The van der Waals surface area contributed by atoms with Crippen molar-refractivity contribution in [3.8, 4) is 0 Å². The molecule has 0 aromatic heterocycles. The van der Waals surface area contributed by atoms with E-state index in [0.29, 0.717) is 25.0 Å². The van der Waals surface area contributed by atoms with Crippen molar-refractivity contribution in [2.45, 2.75) is 32.4 Å². The monoisotopic (exact) mass is 341 g/mol. The zero-order valence-corrected chi connectivity index (χ0v) is 13.2. The number of hydrogen-bond acceptors (Lipinski definition) is 4. The van der Waals surface area contributed by atoms with Gasteiger partial charge in [-0.25, -0.2) is 0 Å². The molecule has 0 spiro atoms. The summed E-state index contributed by atoms with van der Waals surface area (Å²) in [4.78, 5) is 13.2. The van der Waals surface area contributed by atoms with Crippen LogP contribution in [0.4, 0.5) is 5.69 Å². The number of halogens is 1. The molecule has 2 N–H and O–H groups in total. The minimum absolute atomic E-state index is 0.182. The van der Waals surface area contributed by atoms with E-state index in [1.165, 1.54) is 0 Å². The molecule has 1 aromatic rings. The van der Waals surface area contributed by atoms with Crippen LogP contribution in [0.25, 0.3) is 0 Å². The molecule has 2 unspecified atom stereocenters. The van der Waals surface area contributed by atoms with Gasteiger partial charge in [-0.3, -0.25) is 15.0 Å². The van der Waals surface area contributed by atoms with Crippen molar-refractivity contribution in [3.05, 3.63) is 38.3 Å². The van der Waals surface area contributed by atoms with Crippen LogP contribution in [0.15, 0.2) is 22.7 Å². The molecule has 110 valence electrons. The van der Waals surface area contributed by atoms with Gasteiger partial charge in [0.15, 0.2) is 0 Å². The van der Waals surface area contributed by atoms with Crippen molar-refractivity contribution < 1.29 is 4.92 Å². The molecule has 2 atom stereocenters. The first kappa shape index (κ1) is 15.4. The van der Waals surface area contributed by atoms with Gasteiger partial charge in [-0.05, 0) is 44.4 Å². The van der Waals surface area contributed by atoms with Crippen LogP contribution in [0.2, 0.25) is 0 Å². The lowest BCUT2D eigenvalue weighted by molar-refractivity contribution is -0.385. The fourth-order valence-electron chi connectivity index (χ4n) is 2.73. The molecular weight excluding hydrogens is 322 g/mol. The second kappa shape index (κ2) is 6.65. The molecule has 5 nitrogen and oxygen atoms in total. The van der Waals surface area contributed by atoms with Gasteiger partial charge in [0.25, 0.3) is 5.69 Å². The Morgan fingerprint density at radius 2 is 2.25 bits per heavy atom. The number of piperidine rings is 1. The summed E-state index contributed by atoms with van der Waals surface area (Å²) in [5.41, 5.74) is 6.71.